The molecule has 246 valence electrons. The molecule has 0 bridgehead atoms. The fourth-order valence-corrected chi connectivity index (χ4v) is 7.82. The zero-order valence-corrected chi connectivity index (χ0v) is 29.0. The van der Waals surface area contributed by atoms with Gasteiger partial charge in [-0.1, -0.05) is 133 Å². The first-order chi connectivity index (χ1) is 25.6. The Balaban J connectivity index is 1.09. The fraction of sp³-hybridized carbons (Fsp3) is 0.0400. The minimum Gasteiger partial charge on any atom is -0.455 e. The van der Waals surface area contributed by atoms with Gasteiger partial charge < -0.3 is 8.83 Å². The van der Waals surface area contributed by atoms with E-state index in [1.54, 1.807) is 0 Å². The molecule has 8 aromatic carbocycles. The number of furan rings is 2. The number of fused-ring (bicyclic) bond motifs is 6. The highest BCUT2D eigenvalue weighted by Crippen LogP contribution is 2.42. The van der Waals surface area contributed by atoms with Crippen molar-refractivity contribution >= 4 is 43.9 Å². The summed E-state index contributed by atoms with van der Waals surface area (Å²) in [7, 11) is 0. The lowest BCUT2D eigenvalue weighted by Crippen LogP contribution is -1.88. The van der Waals surface area contributed by atoms with Gasteiger partial charge >= 0.3 is 0 Å². The third kappa shape index (κ3) is 5.11. The number of para-hydroxylation sites is 2. The van der Waals surface area contributed by atoms with Gasteiger partial charge in [-0.05, 0) is 106 Å². The summed E-state index contributed by atoms with van der Waals surface area (Å²) >= 11 is 0. The van der Waals surface area contributed by atoms with Crippen LogP contribution in [0.1, 0.15) is 11.1 Å². The van der Waals surface area contributed by atoms with E-state index in [-0.39, 0.29) is 0 Å². The second-order valence-electron chi connectivity index (χ2n) is 13.9. The van der Waals surface area contributed by atoms with E-state index >= 15 is 0 Å². The Labute approximate surface area is 302 Å². The SMILES string of the molecule is Cc1cccc(-c2cc(-c3ccc(-c4cc(C)cc(-c5cc(-c6ccccc6)cc6c5oc5ccccc56)c4)cc3)cc3c2oc2ccccc23)c1. The van der Waals surface area contributed by atoms with Crippen molar-refractivity contribution in [3.8, 4) is 55.6 Å². The molecule has 52 heavy (non-hydrogen) atoms. The van der Waals surface area contributed by atoms with Gasteiger partial charge in [-0.3, -0.25) is 0 Å². The predicted octanol–water partition coefficient (Wildman–Crippen LogP) is 14.4. The summed E-state index contributed by atoms with van der Waals surface area (Å²) in [5.41, 5.74) is 17.6. The predicted molar refractivity (Wildman–Crippen MR) is 218 cm³/mol. The molecular weight excluding hydrogens is 633 g/mol. The number of hydrogen-bond acceptors (Lipinski definition) is 2. The van der Waals surface area contributed by atoms with Crippen molar-refractivity contribution < 1.29 is 8.83 Å². The van der Waals surface area contributed by atoms with Crippen molar-refractivity contribution in [2.75, 3.05) is 0 Å². The van der Waals surface area contributed by atoms with Crippen LogP contribution in [0, 0.1) is 13.8 Å². The van der Waals surface area contributed by atoms with Gasteiger partial charge in [0.15, 0.2) is 0 Å². The van der Waals surface area contributed by atoms with E-state index in [0.717, 1.165) is 77.3 Å². The van der Waals surface area contributed by atoms with Gasteiger partial charge in [0, 0.05) is 32.7 Å². The topological polar surface area (TPSA) is 26.3 Å². The van der Waals surface area contributed by atoms with Crippen LogP contribution in [-0.4, -0.2) is 0 Å². The lowest BCUT2D eigenvalue weighted by atomic mass is 9.91. The third-order valence-electron chi connectivity index (χ3n) is 10.3. The van der Waals surface area contributed by atoms with Gasteiger partial charge in [0.2, 0.25) is 0 Å². The largest absolute Gasteiger partial charge is 0.455 e. The van der Waals surface area contributed by atoms with Crippen molar-refractivity contribution in [3.05, 3.63) is 181 Å². The first-order valence-corrected chi connectivity index (χ1v) is 17.8. The Hall–Kier alpha value is -6.64. The zero-order chi connectivity index (χ0) is 34.8. The Morgan fingerprint density at radius 2 is 0.750 bits per heavy atom. The van der Waals surface area contributed by atoms with Crippen LogP contribution in [0.4, 0.5) is 0 Å². The minimum atomic E-state index is 0.902. The number of benzene rings is 8. The monoisotopic (exact) mass is 666 g/mol. The molecule has 2 heteroatoms. The quantitative estimate of drug-likeness (QED) is 0.183. The molecule has 0 atom stereocenters. The average Bonchev–Trinajstić information content (AvgIpc) is 3.76. The molecule has 10 aromatic rings. The second kappa shape index (κ2) is 12.0. The lowest BCUT2D eigenvalue weighted by Gasteiger charge is -2.12. The molecule has 10 rings (SSSR count). The van der Waals surface area contributed by atoms with Crippen LogP contribution in [0.15, 0.2) is 179 Å². The van der Waals surface area contributed by atoms with E-state index in [2.05, 4.69) is 172 Å². The van der Waals surface area contributed by atoms with Crippen LogP contribution >= 0.6 is 0 Å². The van der Waals surface area contributed by atoms with E-state index in [0.29, 0.717) is 0 Å². The van der Waals surface area contributed by atoms with E-state index in [9.17, 15) is 0 Å². The third-order valence-corrected chi connectivity index (χ3v) is 10.3. The molecule has 2 aromatic heterocycles. The molecule has 0 amide bonds. The van der Waals surface area contributed by atoms with Crippen molar-refractivity contribution in [2.24, 2.45) is 0 Å². The van der Waals surface area contributed by atoms with Gasteiger partial charge in [-0.15, -0.1) is 0 Å². The summed E-state index contributed by atoms with van der Waals surface area (Å²) in [6.07, 6.45) is 0. The van der Waals surface area contributed by atoms with Crippen molar-refractivity contribution in [1.29, 1.82) is 0 Å². The Kier molecular flexibility index (Phi) is 6.97. The lowest BCUT2D eigenvalue weighted by molar-refractivity contribution is 0.669. The summed E-state index contributed by atoms with van der Waals surface area (Å²) in [6, 6.07) is 60.8. The molecule has 0 fully saturated rings. The normalized spacial score (nSPS) is 11.7. The molecule has 2 heterocycles. The Morgan fingerprint density at radius 3 is 1.35 bits per heavy atom. The maximum atomic E-state index is 6.57. The van der Waals surface area contributed by atoms with Gasteiger partial charge in [0.25, 0.3) is 0 Å². The fourth-order valence-electron chi connectivity index (χ4n) is 7.82. The summed E-state index contributed by atoms with van der Waals surface area (Å²) in [5, 5.41) is 4.53. The Bertz CT molecular complexity index is 2960. The van der Waals surface area contributed by atoms with Gasteiger partial charge in [0.05, 0.1) is 0 Å². The molecule has 0 spiro atoms. The highest BCUT2D eigenvalue weighted by molar-refractivity contribution is 6.12. The van der Waals surface area contributed by atoms with Crippen molar-refractivity contribution in [1.82, 2.24) is 0 Å². The molecule has 0 saturated carbocycles. The van der Waals surface area contributed by atoms with Gasteiger partial charge in [-0.2, -0.15) is 0 Å². The highest BCUT2D eigenvalue weighted by atomic mass is 16.3. The van der Waals surface area contributed by atoms with Crippen LogP contribution in [0.3, 0.4) is 0 Å². The molecule has 0 aliphatic heterocycles. The van der Waals surface area contributed by atoms with Gasteiger partial charge in [-0.25, -0.2) is 0 Å². The van der Waals surface area contributed by atoms with Crippen LogP contribution in [0.25, 0.3) is 99.5 Å². The van der Waals surface area contributed by atoms with Crippen molar-refractivity contribution in [2.45, 2.75) is 13.8 Å². The number of rotatable bonds is 5. The molecule has 0 aliphatic rings. The minimum absolute atomic E-state index is 0.902. The molecule has 2 nitrogen and oxygen atoms in total. The van der Waals surface area contributed by atoms with Crippen LogP contribution in [0.5, 0.6) is 0 Å². The van der Waals surface area contributed by atoms with E-state index in [4.69, 9.17) is 8.83 Å². The molecule has 0 unspecified atom stereocenters. The molecule has 0 aliphatic carbocycles. The van der Waals surface area contributed by atoms with E-state index < -0.39 is 0 Å². The summed E-state index contributed by atoms with van der Waals surface area (Å²) in [6.45, 7) is 4.31. The Morgan fingerprint density at radius 1 is 0.288 bits per heavy atom. The summed E-state index contributed by atoms with van der Waals surface area (Å²) < 4.78 is 13.0. The first-order valence-electron chi connectivity index (χ1n) is 17.8. The molecule has 0 radical (unpaired) electrons. The molecule has 0 saturated heterocycles. The van der Waals surface area contributed by atoms with E-state index in [1.807, 2.05) is 12.1 Å². The van der Waals surface area contributed by atoms with Crippen LogP contribution in [-0.2, 0) is 0 Å². The van der Waals surface area contributed by atoms with Crippen LogP contribution in [0.2, 0.25) is 0 Å². The maximum absolute atomic E-state index is 6.57. The van der Waals surface area contributed by atoms with Crippen LogP contribution < -0.4 is 0 Å². The zero-order valence-electron chi connectivity index (χ0n) is 29.0. The second-order valence-corrected chi connectivity index (χ2v) is 13.9. The maximum Gasteiger partial charge on any atom is 0.143 e. The number of aryl methyl sites for hydroxylation is 2. The van der Waals surface area contributed by atoms with E-state index in [1.165, 1.54) is 33.4 Å². The summed E-state index contributed by atoms with van der Waals surface area (Å²) in [5.74, 6) is 0. The number of hydrogen-bond donors (Lipinski definition) is 0. The molecular formula is C50H34O2. The van der Waals surface area contributed by atoms with Crippen molar-refractivity contribution in [3.63, 3.8) is 0 Å². The smallest absolute Gasteiger partial charge is 0.143 e. The average molecular weight is 667 g/mol. The summed E-state index contributed by atoms with van der Waals surface area (Å²) in [4.78, 5) is 0. The standard InChI is InChI=1S/C50H34O2/c1-31-11-10-14-36(23-31)43-27-39(30-45-41-15-6-8-17-47(41)51-49(43)45)35-21-19-34(20-22-35)37-24-32(2)25-40(26-37)44-28-38(33-12-4-3-5-13-33)29-46-42-16-7-9-18-48(42)52-50(44)46/h3-30H,1-2H3. The highest BCUT2D eigenvalue weighted by Gasteiger charge is 2.18. The van der Waals surface area contributed by atoms with Gasteiger partial charge in [0.1, 0.15) is 22.3 Å². The first kappa shape index (κ1) is 30.2. The molecule has 0 N–H and O–H groups in total.